The Balaban J connectivity index is 1.94. The SMILES string of the molecule is COc1cc(OC)nc(N2CCc3cccc(N)c3C2)n1. The Morgan fingerprint density at radius 2 is 1.86 bits per heavy atom. The molecule has 21 heavy (non-hydrogen) atoms. The number of hydrogen-bond donors (Lipinski definition) is 1. The molecule has 6 heteroatoms. The van der Waals surface area contributed by atoms with E-state index >= 15 is 0 Å². The number of fused-ring (bicyclic) bond motifs is 1. The number of methoxy groups -OCH3 is 2. The van der Waals surface area contributed by atoms with Crippen LogP contribution in [-0.4, -0.2) is 30.7 Å². The minimum Gasteiger partial charge on any atom is -0.481 e. The first kappa shape index (κ1) is 13.5. The number of nitrogen functional groups attached to an aromatic ring is 1. The standard InChI is InChI=1S/C15H18N4O2/c1-20-13-8-14(21-2)18-15(17-13)19-7-6-10-4-3-5-12(16)11(10)9-19/h3-5,8H,6-7,9,16H2,1-2H3. The van der Waals surface area contributed by atoms with Crippen LogP contribution in [0.1, 0.15) is 11.1 Å². The fraction of sp³-hybridized carbons (Fsp3) is 0.333. The van der Waals surface area contributed by atoms with Gasteiger partial charge in [-0.15, -0.1) is 0 Å². The van der Waals surface area contributed by atoms with E-state index in [4.69, 9.17) is 15.2 Å². The summed E-state index contributed by atoms with van der Waals surface area (Å²) in [6.45, 7) is 1.53. The zero-order valence-electron chi connectivity index (χ0n) is 12.2. The monoisotopic (exact) mass is 286 g/mol. The average molecular weight is 286 g/mol. The van der Waals surface area contributed by atoms with Gasteiger partial charge in [-0.25, -0.2) is 0 Å². The van der Waals surface area contributed by atoms with Crippen molar-refractivity contribution >= 4 is 11.6 Å². The van der Waals surface area contributed by atoms with Crippen LogP contribution in [0.15, 0.2) is 24.3 Å². The zero-order chi connectivity index (χ0) is 14.8. The van der Waals surface area contributed by atoms with Crippen LogP contribution in [0.2, 0.25) is 0 Å². The first-order valence-corrected chi connectivity index (χ1v) is 6.79. The molecular weight excluding hydrogens is 268 g/mol. The normalized spacial score (nSPS) is 13.7. The number of aromatic nitrogens is 2. The van der Waals surface area contributed by atoms with Gasteiger partial charge in [-0.2, -0.15) is 9.97 Å². The third-order valence-corrected chi connectivity index (χ3v) is 3.68. The number of rotatable bonds is 3. The van der Waals surface area contributed by atoms with E-state index in [1.54, 1.807) is 20.3 Å². The van der Waals surface area contributed by atoms with Crippen LogP contribution in [0.25, 0.3) is 0 Å². The molecule has 6 nitrogen and oxygen atoms in total. The maximum absolute atomic E-state index is 6.08. The van der Waals surface area contributed by atoms with Gasteiger partial charge in [-0.1, -0.05) is 12.1 Å². The molecule has 3 rings (SSSR count). The molecule has 0 radical (unpaired) electrons. The summed E-state index contributed by atoms with van der Waals surface area (Å²) in [5.41, 5.74) is 9.33. The van der Waals surface area contributed by atoms with Crippen LogP contribution in [0, 0.1) is 0 Å². The van der Waals surface area contributed by atoms with Gasteiger partial charge in [-0.05, 0) is 23.6 Å². The molecule has 1 aliphatic rings. The van der Waals surface area contributed by atoms with E-state index < -0.39 is 0 Å². The third-order valence-electron chi connectivity index (χ3n) is 3.68. The smallest absolute Gasteiger partial charge is 0.232 e. The summed E-state index contributed by atoms with van der Waals surface area (Å²) in [6, 6.07) is 7.70. The highest BCUT2D eigenvalue weighted by atomic mass is 16.5. The molecule has 0 atom stereocenters. The number of anilines is 2. The molecule has 0 unspecified atom stereocenters. The van der Waals surface area contributed by atoms with E-state index in [2.05, 4.69) is 20.9 Å². The van der Waals surface area contributed by atoms with Crippen LogP contribution < -0.4 is 20.1 Å². The first-order valence-electron chi connectivity index (χ1n) is 6.79. The van der Waals surface area contributed by atoms with E-state index in [1.165, 1.54) is 5.56 Å². The second kappa shape index (κ2) is 5.47. The summed E-state index contributed by atoms with van der Waals surface area (Å²) < 4.78 is 10.4. The molecular formula is C15H18N4O2. The molecule has 2 N–H and O–H groups in total. The molecule has 110 valence electrons. The van der Waals surface area contributed by atoms with Crippen molar-refractivity contribution in [1.82, 2.24) is 9.97 Å². The molecule has 1 aromatic heterocycles. The second-order valence-electron chi connectivity index (χ2n) is 4.91. The Bertz CT molecular complexity index is 638. The van der Waals surface area contributed by atoms with Crippen molar-refractivity contribution < 1.29 is 9.47 Å². The Hall–Kier alpha value is -2.50. The predicted octanol–water partition coefficient (Wildman–Crippen LogP) is 1.64. The van der Waals surface area contributed by atoms with Crippen molar-refractivity contribution in [2.24, 2.45) is 0 Å². The predicted molar refractivity (Wildman–Crippen MR) is 80.7 cm³/mol. The highest BCUT2D eigenvalue weighted by molar-refractivity contribution is 5.55. The van der Waals surface area contributed by atoms with E-state index in [-0.39, 0.29) is 0 Å². The quantitative estimate of drug-likeness (QED) is 0.865. The van der Waals surface area contributed by atoms with Crippen molar-refractivity contribution in [1.29, 1.82) is 0 Å². The second-order valence-corrected chi connectivity index (χ2v) is 4.91. The molecule has 0 saturated heterocycles. The summed E-state index contributed by atoms with van der Waals surface area (Å²) in [5.74, 6) is 1.58. The van der Waals surface area contributed by atoms with Crippen LogP contribution >= 0.6 is 0 Å². The minimum atomic E-state index is 0.490. The van der Waals surface area contributed by atoms with Crippen molar-refractivity contribution in [2.45, 2.75) is 13.0 Å². The van der Waals surface area contributed by atoms with Gasteiger partial charge < -0.3 is 20.1 Å². The Morgan fingerprint density at radius 1 is 1.14 bits per heavy atom. The first-order chi connectivity index (χ1) is 10.2. The Labute approximate surface area is 123 Å². The van der Waals surface area contributed by atoms with Crippen molar-refractivity contribution in [3.8, 4) is 11.8 Å². The van der Waals surface area contributed by atoms with E-state index in [0.717, 1.165) is 24.2 Å². The van der Waals surface area contributed by atoms with Crippen LogP contribution in [-0.2, 0) is 13.0 Å². The van der Waals surface area contributed by atoms with Gasteiger partial charge in [0.05, 0.1) is 20.3 Å². The van der Waals surface area contributed by atoms with Gasteiger partial charge >= 0.3 is 0 Å². The number of nitrogens with two attached hydrogens (primary N) is 1. The molecule has 2 heterocycles. The topological polar surface area (TPSA) is 73.5 Å². The number of hydrogen-bond acceptors (Lipinski definition) is 6. The maximum Gasteiger partial charge on any atom is 0.232 e. The lowest BCUT2D eigenvalue weighted by Gasteiger charge is -2.29. The molecule has 1 aromatic carbocycles. The van der Waals surface area contributed by atoms with E-state index in [1.807, 2.05) is 12.1 Å². The third kappa shape index (κ3) is 2.56. The Morgan fingerprint density at radius 3 is 2.52 bits per heavy atom. The molecule has 0 fully saturated rings. The van der Waals surface area contributed by atoms with Crippen molar-refractivity contribution in [3.05, 3.63) is 35.4 Å². The lowest BCUT2D eigenvalue weighted by Crippen LogP contribution is -2.32. The number of benzene rings is 1. The van der Waals surface area contributed by atoms with Crippen LogP contribution in [0.3, 0.4) is 0 Å². The van der Waals surface area contributed by atoms with Gasteiger partial charge in [0.15, 0.2) is 0 Å². The zero-order valence-corrected chi connectivity index (χ0v) is 12.2. The van der Waals surface area contributed by atoms with Gasteiger partial charge in [-0.3, -0.25) is 0 Å². The van der Waals surface area contributed by atoms with Gasteiger partial charge in [0.1, 0.15) is 0 Å². The van der Waals surface area contributed by atoms with Crippen LogP contribution in [0.4, 0.5) is 11.6 Å². The average Bonchev–Trinajstić information content (AvgIpc) is 2.54. The van der Waals surface area contributed by atoms with Crippen molar-refractivity contribution in [3.63, 3.8) is 0 Å². The largest absolute Gasteiger partial charge is 0.481 e. The van der Waals surface area contributed by atoms with Crippen LogP contribution in [0.5, 0.6) is 11.8 Å². The molecule has 0 saturated carbocycles. The van der Waals surface area contributed by atoms with Gasteiger partial charge in [0.25, 0.3) is 0 Å². The number of nitrogens with zero attached hydrogens (tertiary/aromatic N) is 3. The van der Waals surface area contributed by atoms with E-state index in [0.29, 0.717) is 24.3 Å². The summed E-state index contributed by atoms with van der Waals surface area (Å²) >= 11 is 0. The molecule has 0 amide bonds. The van der Waals surface area contributed by atoms with Gasteiger partial charge in [0, 0.05) is 18.8 Å². The maximum atomic E-state index is 6.08. The summed E-state index contributed by atoms with van der Waals surface area (Å²) in [6.07, 6.45) is 0.920. The highest BCUT2D eigenvalue weighted by Crippen LogP contribution is 2.28. The summed E-state index contributed by atoms with van der Waals surface area (Å²) in [7, 11) is 3.16. The fourth-order valence-corrected chi connectivity index (χ4v) is 2.52. The summed E-state index contributed by atoms with van der Waals surface area (Å²) in [5, 5.41) is 0. The molecule has 0 aliphatic carbocycles. The lowest BCUT2D eigenvalue weighted by atomic mass is 9.98. The Kier molecular flexibility index (Phi) is 3.51. The minimum absolute atomic E-state index is 0.490. The highest BCUT2D eigenvalue weighted by Gasteiger charge is 2.21. The van der Waals surface area contributed by atoms with E-state index in [9.17, 15) is 0 Å². The molecule has 2 aromatic rings. The summed E-state index contributed by atoms with van der Waals surface area (Å²) in [4.78, 5) is 10.9. The number of ether oxygens (including phenoxy) is 2. The van der Waals surface area contributed by atoms with Gasteiger partial charge in [0.2, 0.25) is 17.7 Å². The molecule has 0 bridgehead atoms. The molecule has 1 aliphatic heterocycles. The van der Waals surface area contributed by atoms with Crippen molar-refractivity contribution in [2.75, 3.05) is 31.4 Å². The lowest BCUT2D eigenvalue weighted by molar-refractivity contribution is 0.371. The fourth-order valence-electron chi connectivity index (χ4n) is 2.52. The molecule has 0 spiro atoms.